The van der Waals surface area contributed by atoms with Gasteiger partial charge in [0.2, 0.25) is 5.75 Å². The Morgan fingerprint density at radius 1 is 0.885 bits per heavy atom. The monoisotopic (exact) mass is 364 g/mol. The van der Waals surface area contributed by atoms with Crippen molar-refractivity contribution in [3.8, 4) is 17.2 Å². The molecule has 0 fully saturated rings. The van der Waals surface area contributed by atoms with Crippen molar-refractivity contribution in [3.63, 3.8) is 0 Å². The molecule has 0 aliphatic carbocycles. The van der Waals surface area contributed by atoms with Crippen LogP contribution in [0.1, 0.15) is 11.1 Å². The second kappa shape index (κ2) is 7.99. The van der Waals surface area contributed by atoms with Crippen molar-refractivity contribution in [1.82, 2.24) is 0 Å². The van der Waals surface area contributed by atoms with Crippen molar-refractivity contribution >= 4 is 11.1 Å². The van der Waals surface area contributed by atoms with Crippen molar-refractivity contribution in [3.05, 3.63) is 66.2 Å². The van der Waals surface area contributed by atoms with E-state index in [0.717, 1.165) is 0 Å². The summed E-state index contributed by atoms with van der Waals surface area (Å²) in [6.07, 6.45) is -4.30. The average Bonchev–Trinajstić information content (AvgIpc) is 2.64. The van der Waals surface area contributed by atoms with Crippen LogP contribution in [0.2, 0.25) is 0 Å². The number of benzene rings is 2. The molecule has 3 nitrogen and oxygen atoms in total. The third-order valence-electron chi connectivity index (χ3n) is 3.73. The van der Waals surface area contributed by atoms with Gasteiger partial charge in [-0.05, 0) is 34.4 Å². The number of allylic oxidation sites excluding steroid dienone is 3. The standard InChI is InChI=1S/C20H19F3O3/c1-13(14-8-6-5-7-9-14)16(12-20(21,22)23)15-10-17(24-2)19(26-4)18(11-15)25-3/h5-12H,1H2,2-4H3/b16-12-. The van der Waals surface area contributed by atoms with Crippen molar-refractivity contribution in [1.29, 1.82) is 0 Å². The van der Waals surface area contributed by atoms with Crippen LogP contribution in [0.4, 0.5) is 13.2 Å². The van der Waals surface area contributed by atoms with Crippen LogP contribution < -0.4 is 14.2 Å². The first-order chi connectivity index (χ1) is 12.3. The minimum Gasteiger partial charge on any atom is -0.493 e. The molecule has 2 rings (SSSR count). The van der Waals surface area contributed by atoms with Gasteiger partial charge in [-0.3, -0.25) is 0 Å². The van der Waals surface area contributed by atoms with Gasteiger partial charge in [0.1, 0.15) is 0 Å². The lowest BCUT2D eigenvalue weighted by Gasteiger charge is -2.18. The molecule has 0 aromatic heterocycles. The molecule has 0 bridgehead atoms. The van der Waals surface area contributed by atoms with Crippen LogP contribution in [0.3, 0.4) is 0 Å². The predicted octanol–water partition coefficient (Wildman–Crippen LogP) is 5.37. The number of alkyl halides is 3. The lowest BCUT2D eigenvalue weighted by atomic mass is 9.92. The minimum absolute atomic E-state index is 0.0806. The zero-order valence-electron chi connectivity index (χ0n) is 14.7. The number of rotatable bonds is 6. The molecule has 0 heterocycles. The summed E-state index contributed by atoms with van der Waals surface area (Å²) in [6.45, 7) is 3.86. The summed E-state index contributed by atoms with van der Waals surface area (Å²) in [6, 6.07) is 11.6. The van der Waals surface area contributed by atoms with Gasteiger partial charge in [-0.15, -0.1) is 0 Å². The molecule has 2 aromatic rings. The largest absolute Gasteiger partial charge is 0.493 e. The summed E-state index contributed by atoms with van der Waals surface area (Å²) in [5, 5.41) is 0. The molecule has 0 saturated carbocycles. The molecule has 138 valence electrons. The number of ether oxygens (including phenoxy) is 3. The van der Waals surface area contributed by atoms with Gasteiger partial charge in [0.05, 0.1) is 21.3 Å². The first-order valence-corrected chi connectivity index (χ1v) is 7.65. The zero-order chi connectivity index (χ0) is 19.3. The lowest BCUT2D eigenvalue weighted by Crippen LogP contribution is -2.05. The fourth-order valence-electron chi connectivity index (χ4n) is 2.54. The molecule has 0 amide bonds. The second-order valence-corrected chi connectivity index (χ2v) is 5.36. The Balaban J connectivity index is 2.67. The van der Waals surface area contributed by atoms with Gasteiger partial charge in [-0.1, -0.05) is 36.9 Å². The highest BCUT2D eigenvalue weighted by molar-refractivity contribution is 6.04. The molecule has 6 heteroatoms. The summed E-state index contributed by atoms with van der Waals surface area (Å²) in [7, 11) is 4.23. The zero-order valence-corrected chi connectivity index (χ0v) is 14.7. The second-order valence-electron chi connectivity index (χ2n) is 5.36. The van der Waals surface area contributed by atoms with Gasteiger partial charge < -0.3 is 14.2 Å². The number of halogens is 3. The van der Waals surface area contributed by atoms with Crippen LogP contribution >= 0.6 is 0 Å². The fraction of sp³-hybridized carbons (Fsp3) is 0.200. The van der Waals surface area contributed by atoms with E-state index in [0.29, 0.717) is 11.3 Å². The number of hydrogen-bond acceptors (Lipinski definition) is 3. The van der Waals surface area contributed by atoms with Gasteiger partial charge in [0.25, 0.3) is 0 Å². The van der Waals surface area contributed by atoms with E-state index in [1.165, 1.54) is 33.5 Å². The van der Waals surface area contributed by atoms with Crippen molar-refractivity contribution in [2.24, 2.45) is 0 Å². The molecular formula is C20H19F3O3. The molecule has 2 aromatic carbocycles. The van der Waals surface area contributed by atoms with Crippen molar-refractivity contribution in [2.45, 2.75) is 6.18 Å². The van der Waals surface area contributed by atoms with E-state index < -0.39 is 6.18 Å². The van der Waals surface area contributed by atoms with Gasteiger partial charge in [-0.25, -0.2) is 0 Å². The lowest BCUT2D eigenvalue weighted by molar-refractivity contribution is -0.0792. The Kier molecular flexibility index (Phi) is 5.97. The Bertz CT molecular complexity index is 784. The van der Waals surface area contributed by atoms with Gasteiger partial charge in [0.15, 0.2) is 11.5 Å². The van der Waals surface area contributed by atoms with Crippen LogP contribution in [0.5, 0.6) is 17.2 Å². The molecule has 0 aliphatic rings. The highest BCUT2D eigenvalue weighted by atomic mass is 19.4. The maximum atomic E-state index is 13.2. The quantitative estimate of drug-likeness (QED) is 0.645. The van der Waals surface area contributed by atoms with Crippen LogP contribution in [-0.4, -0.2) is 27.5 Å². The molecule has 0 saturated heterocycles. The topological polar surface area (TPSA) is 27.7 Å². The summed E-state index contributed by atoms with van der Waals surface area (Å²) in [5.74, 6) is 0.821. The Labute approximate surface area is 150 Å². The summed E-state index contributed by atoms with van der Waals surface area (Å²) >= 11 is 0. The Morgan fingerprint density at radius 2 is 1.42 bits per heavy atom. The normalized spacial score (nSPS) is 11.8. The first-order valence-electron chi connectivity index (χ1n) is 7.65. The summed E-state index contributed by atoms with van der Waals surface area (Å²) in [4.78, 5) is 0. The molecule has 26 heavy (non-hydrogen) atoms. The Morgan fingerprint density at radius 3 is 1.85 bits per heavy atom. The smallest absolute Gasteiger partial charge is 0.410 e. The van der Waals surface area contributed by atoms with Gasteiger partial charge in [0, 0.05) is 6.08 Å². The molecule has 0 spiro atoms. The summed E-state index contributed by atoms with van der Waals surface area (Å²) < 4.78 is 55.2. The third kappa shape index (κ3) is 4.39. The predicted molar refractivity (Wildman–Crippen MR) is 95.6 cm³/mol. The van der Waals surface area contributed by atoms with Crippen LogP contribution in [0.25, 0.3) is 11.1 Å². The van der Waals surface area contributed by atoms with E-state index in [-0.39, 0.29) is 34.3 Å². The molecule has 0 radical (unpaired) electrons. The maximum absolute atomic E-state index is 13.2. The maximum Gasteiger partial charge on any atom is 0.410 e. The SMILES string of the molecule is C=C(/C(=C/C(F)(F)F)c1cc(OC)c(OC)c(OC)c1)c1ccccc1. The van der Waals surface area contributed by atoms with Crippen LogP contribution in [0, 0.1) is 0 Å². The van der Waals surface area contributed by atoms with E-state index in [1.807, 2.05) is 0 Å². The molecular weight excluding hydrogens is 345 g/mol. The van der Waals surface area contributed by atoms with E-state index >= 15 is 0 Å². The van der Waals surface area contributed by atoms with E-state index in [1.54, 1.807) is 30.3 Å². The third-order valence-corrected chi connectivity index (χ3v) is 3.73. The fourth-order valence-corrected chi connectivity index (χ4v) is 2.54. The van der Waals surface area contributed by atoms with Crippen LogP contribution in [0.15, 0.2) is 55.1 Å². The number of methoxy groups -OCH3 is 3. The minimum atomic E-state index is -4.52. The first kappa shape index (κ1) is 19.4. The highest BCUT2D eigenvalue weighted by Gasteiger charge is 2.27. The van der Waals surface area contributed by atoms with Crippen LogP contribution in [-0.2, 0) is 0 Å². The Hall–Kier alpha value is -2.89. The van der Waals surface area contributed by atoms with E-state index in [9.17, 15) is 13.2 Å². The highest BCUT2D eigenvalue weighted by Crippen LogP contribution is 2.43. The molecule has 0 aliphatic heterocycles. The summed E-state index contributed by atoms with van der Waals surface area (Å²) in [5.41, 5.74) is 0.989. The molecule has 0 N–H and O–H groups in total. The molecule has 0 atom stereocenters. The van der Waals surface area contributed by atoms with Gasteiger partial charge in [-0.2, -0.15) is 13.2 Å². The van der Waals surface area contributed by atoms with Crippen molar-refractivity contribution in [2.75, 3.05) is 21.3 Å². The van der Waals surface area contributed by atoms with E-state index in [2.05, 4.69) is 6.58 Å². The average molecular weight is 364 g/mol. The molecule has 0 unspecified atom stereocenters. The van der Waals surface area contributed by atoms with E-state index in [4.69, 9.17) is 14.2 Å². The van der Waals surface area contributed by atoms with Crippen molar-refractivity contribution < 1.29 is 27.4 Å². The number of hydrogen-bond donors (Lipinski definition) is 0. The van der Waals surface area contributed by atoms with Gasteiger partial charge >= 0.3 is 6.18 Å².